The molecule has 8 heteroatoms. The fourth-order valence-corrected chi connectivity index (χ4v) is 4.52. The van der Waals surface area contributed by atoms with Crippen molar-refractivity contribution >= 4 is 22.8 Å². The summed E-state index contributed by atoms with van der Waals surface area (Å²) in [6, 6.07) is 11.2. The number of pyridine rings is 2. The molecule has 0 unspecified atom stereocenters. The van der Waals surface area contributed by atoms with Gasteiger partial charge in [-0.3, -0.25) is 4.79 Å². The van der Waals surface area contributed by atoms with E-state index in [-0.39, 0.29) is 36.0 Å². The average molecular weight is 446 g/mol. The minimum absolute atomic E-state index is 0.0331. The van der Waals surface area contributed by atoms with Gasteiger partial charge in [0.2, 0.25) is 5.43 Å². The number of halogens is 1. The zero-order valence-corrected chi connectivity index (χ0v) is 18.2. The summed E-state index contributed by atoms with van der Waals surface area (Å²) in [5.41, 5.74) is 0.374. The number of benzene rings is 1. The molecule has 2 aromatic heterocycles. The van der Waals surface area contributed by atoms with Gasteiger partial charge in [-0.05, 0) is 31.5 Å². The highest BCUT2D eigenvalue weighted by Crippen LogP contribution is 2.31. The maximum atomic E-state index is 15.1. The lowest BCUT2D eigenvalue weighted by atomic mass is 10.1. The zero-order valence-electron chi connectivity index (χ0n) is 18.2. The maximum Gasteiger partial charge on any atom is 0.343 e. The predicted molar refractivity (Wildman–Crippen MR) is 123 cm³/mol. The standard InChI is InChI=1S/C25H23FN4O3/c1-2-33-25(32)20-15-29(10-6-9-16-7-4-3-5-8-16)23-19(22(20)31)12-21(26)24(28-23)30-14-17-11-18(30)13-27-17/h3-5,7-8,12,15,17-18,27H,2,10-11,13-14H2,1H3/t17-,18-/m0/s1. The van der Waals surface area contributed by atoms with Crippen LogP contribution in [0, 0.1) is 17.7 Å². The number of carbonyl (C=O) groups is 1. The van der Waals surface area contributed by atoms with Crippen LogP contribution in [0.25, 0.3) is 11.0 Å². The van der Waals surface area contributed by atoms with E-state index in [2.05, 4.69) is 22.1 Å². The third-order valence-corrected chi connectivity index (χ3v) is 6.06. The minimum atomic E-state index is -0.749. The van der Waals surface area contributed by atoms with Crippen LogP contribution in [0.3, 0.4) is 0 Å². The molecular formula is C25H23FN4O3. The van der Waals surface area contributed by atoms with Crippen molar-refractivity contribution in [1.82, 2.24) is 14.9 Å². The fourth-order valence-electron chi connectivity index (χ4n) is 4.52. The van der Waals surface area contributed by atoms with Gasteiger partial charge in [0.25, 0.3) is 0 Å². The van der Waals surface area contributed by atoms with Crippen molar-refractivity contribution in [3.63, 3.8) is 0 Å². The van der Waals surface area contributed by atoms with Crippen LogP contribution in [0.2, 0.25) is 0 Å². The SMILES string of the molecule is CCOC(=O)c1cn(CC#Cc2ccccc2)c2nc(N3C[C@@H]4C[C@H]3CN4)c(F)cc2c1=O. The van der Waals surface area contributed by atoms with E-state index >= 15 is 4.39 Å². The highest BCUT2D eigenvalue weighted by atomic mass is 19.1. The van der Waals surface area contributed by atoms with Gasteiger partial charge in [-0.1, -0.05) is 30.0 Å². The van der Waals surface area contributed by atoms with Crippen molar-refractivity contribution < 1.29 is 13.9 Å². The molecule has 2 saturated heterocycles. The summed E-state index contributed by atoms with van der Waals surface area (Å²) >= 11 is 0. The molecule has 3 aromatic rings. The van der Waals surface area contributed by atoms with E-state index in [4.69, 9.17) is 4.74 Å². The van der Waals surface area contributed by atoms with Gasteiger partial charge in [-0.2, -0.15) is 0 Å². The molecule has 1 aromatic carbocycles. The highest BCUT2D eigenvalue weighted by molar-refractivity contribution is 5.93. The molecule has 5 rings (SSSR count). The first kappa shape index (κ1) is 21.2. The smallest absolute Gasteiger partial charge is 0.343 e. The van der Waals surface area contributed by atoms with Crippen LogP contribution >= 0.6 is 0 Å². The topological polar surface area (TPSA) is 76.5 Å². The molecule has 1 N–H and O–H groups in total. The third kappa shape index (κ3) is 3.96. The first-order chi connectivity index (χ1) is 16.0. The molecule has 0 radical (unpaired) electrons. The molecule has 2 fully saturated rings. The van der Waals surface area contributed by atoms with Gasteiger partial charge >= 0.3 is 5.97 Å². The van der Waals surface area contributed by atoms with Crippen LogP contribution in [-0.4, -0.2) is 47.3 Å². The summed E-state index contributed by atoms with van der Waals surface area (Å²) in [5.74, 6) is 5.03. The lowest BCUT2D eigenvalue weighted by molar-refractivity contribution is 0.0524. The van der Waals surface area contributed by atoms with E-state index in [1.165, 1.54) is 12.3 Å². The van der Waals surface area contributed by atoms with Gasteiger partial charge in [-0.25, -0.2) is 14.2 Å². The number of nitrogens with one attached hydrogen (secondary N) is 1. The zero-order chi connectivity index (χ0) is 22.9. The van der Waals surface area contributed by atoms with Gasteiger partial charge in [-0.15, -0.1) is 0 Å². The lowest BCUT2D eigenvalue weighted by Gasteiger charge is -2.29. The van der Waals surface area contributed by atoms with Crippen LogP contribution in [0.15, 0.2) is 47.4 Å². The molecule has 7 nitrogen and oxygen atoms in total. The van der Waals surface area contributed by atoms with Crippen LogP contribution in [0.4, 0.5) is 10.2 Å². The first-order valence-electron chi connectivity index (χ1n) is 11.0. The second-order valence-electron chi connectivity index (χ2n) is 8.20. The van der Waals surface area contributed by atoms with Crippen molar-refractivity contribution in [2.24, 2.45) is 0 Å². The van der Waals surface area contributed by atoms with Crippen LogP contribution in [-0.2, 0) is 11.3 Å². The number of fused-ring (bicyclic) bond motifs is 3. The van der Waals surface area contributed by atoms with Gasteiger partial charge in [0, 0.05) is 36.9 Å². The second-order valence-corrected chi connectivity index (χ2v) is 8.20. The van der Waals surface area contributed by atoms with Crippen LogP contribution in [0.1, 0.15) is 29.3 Å². The van der Waals surface area contributed by atoms with E-state index in [9.17, 15) is 9.59 Å². The Labute approximate surface area is 190 Å². The van der Waals surface area contributed by atoms with Crippen molar-refractivity contribution in [3.05, 3.63) is 69.8 Å². The molecule has 2 bridgehead atoms. The molecule has 2 atom stereocenters. The van der Waals surface area contributed by atoms with Crippen molar-refractivity contribution in [1.29, 1.82) is 0 Å². The number of esters is 1. The van der Waals surface area contributed by atoms with Gasteiger partial charge < -0.3 is 19.5 Å². The number of ether oxygens (including phenoxy) is 1. The number of carbonyl (C=O) groups excluding carboxylic acids is 1. The fraction of sp³-hybridized carbons (Fsp3) is 0.320. The van der Waals surface area contributed by atoms with E-state index in [0.717, 1.165) is 18.5 Å². The van der Waals surface area contributed by atoms with Crippen molar-refractivity contribution in [3.8, 4) is 11.8 Å². The van der Waals surface area contributed by atoms with E-state index in [1.807, 2.05) is 35.2 Å². The summed E-state index contributed by atoms with van der Waals surface area (Å²) in [6.07, 6.45) is 2.35. The van der Waals surface area contributed by atoms with Crippen molar-refractivity contribution in [2.75, 3.05) is 24.6 Å². The number of hydrogen-bond acceptors (Lipinski definition) is 6. The van der Waals surface area contributed by atoms with E-state index in [1.54, 1.807) is 11.5 Å². The summed E-state index contributed by atoms with van der Waals surface area (Å²) in [6.45, 7) is 3.40. The average Bonchev–Trinajstić information content (AvgIpc) is 3.45. The molecule has 2 aliphatic heterocycles. The number of hydrogen-bond donors (Lipinski definition) is 1. The Morgan fingerprint density at radius 2 is 2.15 bits per heavy atom. The Balaban J connectivity index is 1.62. The van der Waals surface area contributed by atoms with E-state index in [0.29, 0.717) is 18.2 Å². The summed E-state index contributed by atoms with van der Waals surface area (Å²) < 4.78 is 21.8. The Kier molecular flexibility index (Phi) is 5.56. The van der Waals surface area contributed by atoms with Gasteiger partial charge in [0.05, 0.1) is 18.5 Å². The Morgan fingerprint density at radius 3 is 2.85 bits per heavy atom. The largest absolute Gasteiger partial charge is 0.462 e. The lowest BCUT2D eigenvalue weighted by Crippen LogP contribution is -2.44. The summed E-state index contributed by atoms with van der Waals surface area (Å²) in [5, 5.41) is 3.42. The third-order valence-electron chi connectivity index (χ3n) is 6.06. The summed E-state index contributed by atoms with van der Waals surface area (Å²) in [7, 11) is 0. The molecular weight excluding hydrogens is 423 g/mol. The number of anilines is 1. The van der Waals surface area contributed by atoms with E-state index < -0.39 is 17.2 Å². The number of piperazine rings is 1. The Hall–Kier alpha value is -3.70. The molecule has 2 aliphatic rings. The monoisotopic (exact) mass is 446 g/mol. The van der Waals surface area contributed by atoms with Crippen LogP contribution < -0.4 is 15.6 Å². The summed E-state index contributed by atoms with van der Waals surface area (Å²) in [4.78, 5) is 32.0. The predicted octanol–water partition coefficient (Wildman–Crippen LogP) is 2.31. The molecule has 4 heterocycles. The molecule has 0 spiro atoms. The van der Waals surface area contributed by atoms with Gasteiger partial charge in [0.15, 0.2) is 11.6 Å². The normalized spacial score (nSPS) is 18.9. The second kappa shape index (κ2) is 8.68. The van der Waals surface area contributed by atoms with Crippen LogP contribution in [0.5, 0.6) is 0 Å². The Bertz CT molecular complexity index is 1340. The number of aromatic nitrogens is 2. The molecule has 0 aliphatic carbocycles. The highest BCUT2D eigenvalue weighted by Gasteiger charge is 2.39. The molecule has 33 heavy (non-hydrogen) atoms. The molecule has 0 saturated carbocycles. The van der Waals surface area contributed by atoms with Crippen molar-refractivity contribution in [2.45, 2.75) is 32.0 Å². The number of rotatable bonds is 4. The molecule has 168 valence electrons. The first-order valence-corrected chi connectivity index (χ1v) is 11.0. The quantitative estimate of drug-likeness (QED) is 0.490. The maximum absolute atomic E-state index is 15.1. The van der Waals surface area contributed by atoms with Gasteiger partial charge in [0.1, 0.15) is 11.2 Å². The Morgan fingerprint density at radius 1 is 1.33 bits per heavy atom. The molecule has 0 amide bonds. The minimum Gasteiger partial charge on any atom is -0.462 e. The number of nitrogens with zero attached hydrogens (tertiary/aromatic N) is 3.